The van der Waals surface area contributed by atoms with E-state index >= 15 is 0 Å². The van der Waals surface area contributed by atoms with Crippen molar-refractivity contribution >= 4 is 0 Å². The van der Waals surface area contributed by atoms with E-state index in [2.05, 4.69) is 0 Å². The van der Waals surface area contributed by atoms with Gasteiger partial charge < -0.3 is 5.11 Å². The normalized spacial score (nSPS) is 22.3. The molecule has 0 spiro atoms. The van der Waals surface area contributed by atoms with Crippen LogP contribution in [-0.2, 0) is 0 Å². The molecule has 1 heterocycles. The van der Waals surface area contributed by atoms with E-state index in [-0.39, 0.29) is 17.0 Å². The van der Waals surface area contributed by atoms with Crippen molar-refractivity contribution in [2.75, 3.05) is 26.4 Å². The highest BCUT2D eigenvalue weighted by atomic mass is 16.6. The second-order valence-electron chi connectivity index (χ2n) is 5.46. The van der Waals surface area contributed by atoms with Gasteiger partial charge in [0.2, 0.25) is 0 Å². The SMILES string of the molecule is CC(C)N1CN(C(C)C)CC(CO)([N+](=O)[O-])C1. The summed E-state index contributed by atoms with van der Waals surface area (Å²) in [7, 11) is 0. The van der Waals surface area contributed by atoms with Crippen LogP contribution in [0.4, 0.5) is 0 Å². The molecule has 0 radical (unpaired) electrons. The molecule has 1 aliphatic heterocycles. The molecule has 0 aromatic rings. The van der Waals surface area contributed by atoms with Crippen LogP contribution in [0.2, 0.25) is 0 Å². The molecule has 100 valence electrons. The lowest BCUT2D eigenvalue weighted by molar-refractivity contribution is -0.579. The third-order valence-corrected chi connectivity index (χ3v) is 3.50. The molecular formula is C11H23N3O3. The van der Waals surface area contributed by atoms with Crippen molar-refractivity contribution in [1.29, 1.82) is 0 Å². The summed E-state index contributed by atoms with van der Waals surface area (Å²) >= 11 is 0. The maximum atomic E-state index is 11.2. The highest BCUT2D eigenvalue weighted by molar-refractivity contribution is 4.92. The van der Waals surface area contributed by atoms with Gasteiger partial charge in [0.05, 0.1) is 19.8 Å². The van der Waals surface area contributed by atoms with E-state index in [1.165, 1.54) is 0 Å². The quantitative estimate of drug-likeness (QED) is 0.573. The number of aliphatic hydroxyl groups excluding tert-OH is 1. The average Bonchev–Trinajstić information content (AvgIpc) is 2.27. The minimum atomic E-state index is -1.24. The molecule has 6 nitrogen and oxygen atoms in total. The second-order valence-corrected chi connectivity index (χ2v) is 5.46. The molecule has 0 aromatic heterocycles. The summed E-state index contributed by atoms with van der Waals surface area (Å²) in [6.07, 6.45) is 0. The topological polar surface area (TPSA) is 69.8 Å². The highest BCUT2D eigenvalue weighted by Gasteiger charge is 2.49. The number of aliphatic hydroxyl groups is 1. The van der Waals surface area contributed by atoms with E-state index in [9.17, 15) is 15.2 Å². The molecule has 1 aliphatic rings. The summed E-state index contributed by atoms with van der Waals surface area (Å²) in [5.74, 6) is 0. The summed E-state index contributed by atoms with van der Waals surface area (Å²) in [6, 6.07) is 0.477. The van der Waals surface area contributed by atoms with Crippen LogP contribution >= 0.6 is 0 Å². The molecule has 1 saturated heterocycles. The monoisotopic (exact) mass is 245 g/mol. The Balaban J connectivity index is 2.95. The van der Waals surface area contributed by atoms with Gasteiger partial charge in [0, 0.05) is 17.0 Å². The molecule has 1 fully saturated rings. The Morgan fingerprint density at radius 3 is 1.88 bits per heavy atom. The summed E-state index contributed by atoms with van der Waals surface area (Å²) in [5, 5.41) is 20.7. The van der Waals surface area contributed by atoms with Gasteiger partial charge in [0.15, 0.2) is 0 Å². The van der Waals surface area contributed by atoms with Gasteiger partial charge in [-0.1, -0.05) is 0 Å². The van der Waals surface area contributed by atoms with E-state index in [0.717, 1.165) is 6.67 Å². The zero-order valence-electron chi connectivity index (χ0n) is 11.1. The highest BCUT2D eigenvalue weighted by Crippen LogP contribution is 2.23. The Bertz CT molecular complexity index is 265. The standard InChI is InChI=1S/C11H23N3O3/c1-9(2)12-5-11(7-15,14(16)17)6-13(8-12)10(3)4/h9-10,15H,5-8H2,1-4H3. The van der Waals surface area contributed by atoms with Crippen LogP contribution in [0.15, 0.2) is 0 Å². The fourth-order valence-corrected chi connectivity index (χ4v) is 2.10. The van der Waals surface area contributed by atoms with Gasteiger partial charge in [-0.15, -0.1) is 0 Å². The lowest BCUT2D eigenvalue weighted by Crippen LogP contribution is -2.66. The third kappa shape index (κ3) is 2.94. The van der Waals surface area contributed by atoms with Crippen molar-refractivity contribution in [3.63, 3.8) is 0 Å². The fraction of sp³-hybridized carbons (Fsp3) is 1.00. The summed E-state index contributed by atoms with van der Waals surface area (Å²) in [6.45, 7) is 9.03. The first kappa shape index (κ1) is 14.3. The lowest BCUT2D eigenvalue weighted by atomic mass is 9.96. The van der Waals surface area contributed by atoms with Gasteiger partial charge in [-0.05, 0) is 27.7 Å². The van der Waals surface area contributed by atoms with Gasteiger partial charge in [-0.25, -0.2) is 0 Å². The molecule has 1 N–H and O–H groups in total. The Morgan fingerprint density at radius 1 is 1.24 bits per heavy atom. The molecule has 0 aromatic carbocycles. The zero-order chi connectivity index (χ0) is 13.2. The van der Waals surface area contributed by atoms with Crippen molar-refractivity contribution in [2.24, 2.45) is 0 Å². The second kappa shape index (κ2) is 5.29. The van der Waals surface area contributed by atoms with Gasteiger partial charge >= 0.3 is 0 Å². The average molecular weight is 245 g/mol. The molecule has 0 atom stereocenters. The Morgan fingerprint density at radius 2 is 1.65 bits per heavy atom. The smallest absolute Gasteiger partial charge is 0.269 e. The van der Waals surface area contributed by atoms with E-state index < -0.39 is 12.1 Å². The lowest BCUT2D eigenvalue weighted by Gasteiger charge is -2.45. The van der Waals surface area contributed by atoms with Crippen molar-refractivity contribution in [3.8, 4) is 0 Å². The van der Waals surface area contributed by atoms with Gasteiger partial charge in [-0.2, -0.15) is 0 Å². The predicted molar refractivity (Wildman–Crippen MR) is 65.4 cm³/mol. The molecule has 0 amide bonds. The Hall–Kier alpha value is -0.720. The van der Waals surface area contributed by atoms with E-state index in [0.29, 0.717) is 13.1 Å². The molecule has 1 rings (SSSR count). The van der Waals surface area contributed by atoms with E-state index in [1.54, 1.807) is 0 Å². The zero-order valence-corrected chi connectivity index (χ0v) is 11.1. The molecular weight excluding hydrogens is 222 g/mol. The van der Waals surface area contributed by atoms with Crippen molar-refractivity contribution < 1.29 is 10.0 Å². The van der Waals surface area contributed by atoms with E-state index in [4.69, 9.17) is 0 Å². The van der Waals surface area contributed by atoms with Gasteiger partial charge in [0.25, 0.3) is 5.54 Å². The van der Waals surface area contributed by atoms with Crippen LogP contribution in [0.1, 0.15) is 27.7 Å². The van der Waals surface area contributed by atoms with Gasteiger partial charge in [0.1, 0.15) is 6.61 Å². The molecule has 0 bridgehead atoms. The van der Waals surface area contributed by atoms with Crippen LogP contribution < -0.4 is 0 Å². The summed E-state index contributed by atoms with van der Waals surface area (Å²) in [5.41, 5.74) is -1.24. The number of nitrogens with zero attached hydrogens (tertiary/aromatic N) is 3. The van der Waals surface area contributed by atoms with Crippen LogP contribution in [0.5, 0.6) is 0 Å². The first-order chi connectivity index (χ1) is 7.82. The largest absolute Gasteiger partial charge is 0.389 e. The Kier molecular flexibility index (Phi) is 4.46. The summed E-state index contributed by atoms with van der Waals surface area (Å²) < 4.78 is 0. The summed E-state index contributed by atoms with van der Waals surface area (Å²) in [4.78, 5) is 15.0. The number of nitro groups is 1. The third-order valence-electron chi connectivity index (χ3n) is 3.50. The fourth-order valence-electron chi connectivity index (χ4n) is 2.10. The number of rotatable bonds is 4. The van der Waals surface area contributed by atoms with Crippen LogP contribution in [0.25, 0.3) is 0 Å². The van der Waals surface area contributed by atoms with Crippen LogP contribution in [0, 0.1) is 10.1 Å². The molecule has 0 saturated carbocycles. The maximum absolute atomic E-state index is 11.2. The van der Waals surface area contributed by atoms with Crippen LogP contribution in [-0.4, -0.2) is 63.8 Å². The molecule has 0 unspecified atom stereocenters. The minimum Gasteiger partial charge on any atom is -0.389 e. The van der Waals surface area contributed by atoms with Crippen LogP contribution in [0.3, 0.4) is 0 Å². The molecule has 6 heteroatoms. The number of hydrogen-bond donors (Lipinski definition) is 1. The Labute approximate surface area is 102 Å². The maximum Gasteiger partial charge on any atom is 0.269 e. The van der Waals surface area contributed by atoms with Gasteiger partial charge in [-0.3, -0.25) is 19.9 Å². The first-order valence-electron chi connectivity index (χ1n) is 6.06. The molecule has 17 heavy (non-hydrogen) atoms. The number of hydrogen-bond acceptors (Lipinski definition) is 5. The first-order valence-corrected chi connectivity index (χ1v) is 6.06. The van der Waals surface area contributed by atoms with Crippen molar-refractivity contribution in [2.45, 2.75) is 45.3 Å². The van der Waals surface area contributed by atoms with Crippen molar-refractivity contribution in [3.05, 3.63) is 10.1 Å². The van der Waals surface area contributed by atoms with E-state index in [1.807, 2.05) is 37.5 Å². The molecule has 0 aliphatic carbocycles. The minimum absolute atomic E-state index is 0.238. The van der Waals surface area contributed by atoms with Crippen molar-refractivity contribution in [1.82, 2.24) is 9.80 Å². The predicted octanol–water partition coefficient (Wildman–Crippen LogP) is 0.386.